The van der Waals surface area contributed by atoms with Gasteiger partial charge in [-0.15, -0.1) is 0 Å². The summed E-state index contributed by atoms with van der Waals surface area (Å²) >= 11 is 0. The lowest BCUT2D eigenvalue weighted by Gasteiger charge is -2.21. The first-order chi connectivity index (χ1) is 7.10. The second kappa shape index (κ2) is 5.17. The van der Waals surface area contributed by atoms with Gasteiger partial charge in [-0.3, -0.25) is 0 Å². The smallest absolute Gasteiger partial charge is 0.122 e. The maximum Gasteiger partial charge on any atom is 0.122 e. The molecule has 0 saturated carbocycles. The molecule has 0 aromatic heterocycles. The normalized spacial score (nSPS) is 14.7. The third-order valence-corrected chi connectivity index (χ3v) is 2.99. The molecule has 2 nitrogen and oxygen atoms in total. The van der Waals surface area contributed by atoms with Gasteiger partial charge in [-0.1, -0.05) is 31.5 Å². The average molecular weight is 207 g/mol. The van der Waals surface area contributed by atoms with Gasteiger partial charge in [-0.25, -0.2) is 0 Å². The van der Waals surface area contributed by atoms with E-state index in [2.05, 4.69) is 32.9 Å². The minimum absolute atomic E-state index is 0.195. The molecule has 2 N–H and O–H groups in total. The molecule has 0 spiro atoms. The van der Waals surface area contributed by atoms with Gasteiger partial charge in [0.2, 0.25) is 0 Å². The summed E-state index contributed by atoms with van der Waals surface area (Å²) in [4.78, 5) is 0. The number of nitrogens with two attached hydrogens (primary N) is 1. The largest absolute Gasteiger partial charge is 0.496 e. The molecule has 0 heterocycles. The van der Waals surface area contributed by atoms with Crippen LogP contribution in [-0.2, 0) is 0 Å². The highest BCUT2D eigenvalue weighted by Crippen LogP contribution is 2.29. The van der Waals surface area contributed by atoms with E-state index < -0.39 is 0 Å². The Bertz CT molecular complexity index is 322. The van der Waals surface area contributed by atoms with Crippen LogP contribution in [0.15, 0.2) is 18.2 Å². The Morgan fingerprint density at radius 3 is 2.60 bits per heavy atom. The van der Waals surface area contributed by atoms with Crippen molar-refractivity contribution in [3.05, 3.63) is 29.3 Å². The molecule has 15 heavy (non-hydrogen) atoms. The van der Waals surface area contributed by atoms with E-state index in [9.17, 15) is 0 Å². The summed E-state index contributed by atoms with van der Waals surface area (Å²) in [6.45, 7) is 6.36. The maximum atomic E-state index is 6.07. The van der Waals surface area contributed by atoms with Crippen LogP contribution in [0.4, 0.5) is 0 Å². The number of benzene rings is 1. The van der Waals surface area contributed by atoms with Gasteiger partial charge >= 0.3 is 0 Å². The van der Waals surface area contributed by atoms with Crippen LogP contribution in [-0.4, -0.2) is 13.2 Å². The van der Waals surface area contributed by atoms with Crippen LogP contribution in [0.1, 0.15) is 37.3 Å². The van der Waals surface area contributed by atoms with Gasteiger partial charge < -0.3 is 10.5 Å². The Balaban J connectivity index is 3.05. The van der Waals surface area contributed by atoms with Gasteiger partial charge in [0.1, 0.15) is 5.75 Å². The van der Waals surface area contributed by atoms with Crippen molar-refractivity contribution < 1.29 is 4.74 Å². The molecule has 0 bridgehead atoms. The van der Waals surface area contributed by atoms with E-state index in [1.807, 2.05) is 6.07 Å². The van der Waals surface area contributed by atoms with Crippen LogP contribution in [0.2, 0.25) is 0 Å². The van der Waals surface area contributed by atoms with E-state index >= 15 is 0 Å². The second-order valence-electron chi connectivity index (χ2n) is 4.11. The van der Waals surface area contributed by atoms with Crippen LogP contribution in [0, 0.1) is 6.92 Å². The van der Waals surface area contributed by atoms with Gasteiger partial charge in [0.05, 0.1) is 7.11 Å². The summed E-state index contributed by atoms with van der Waals surface area (Å²) in [5.74, 6) is 1.28. The van der Waals surface area contributed by atoms with Gasteiger partial charge in [0.25, 0.3) is 0 Å². The lowest BCUT2D eigenvalue weighted by molar-refractivity contribution is 0.401. The van der Waals surface area contributed by atoms with E-state index in [0.29, 0.717) is 5.92 Å². The van der Waals surface area contributed by atoms with Crippen LogP contribution < -0.4 is 10.5 Å². The molecule has 1 rings (SSSR count). The van der Waals surface area contributed by atoms with Gasteiger partial charge in [-0.05, 0) is 30.9 Å². The first kappa shape index (κ1) is 12.1. The van der Waals surface area contributed by atoms with Crippen LogP contribution >= 0.6 is 0 Å². The molecular weight excluding hydrogens is 186 g/mol. The van der Waals surface area contributed by atoms with Crippen LogP contribution in [0.5, 0.6) is 5.75 Å². The van der Waals surface area contributed by atoms with Crippen molar-refractivity contribution in [3.63, 3.8) is 0 Å². The van der Waals surface area contributed by atoms with Crippen molar-refractivity contribution >= 4 is 0 Å². The molecular formula is C13H21NO. The Morgan fingerprint density at radius 2 is 2.07 bits per heavy atom. The Hall–Kier alpha value is -1.02. The fourth-order valence-corrected chi connectivity index (χ4v) is 1.79. The number of hydrogen-bond acceptors (Lipinski definition) is 2. The van der Waals surface area contributed by atoms with E-state index in [4.69, 9.17) is 10.5 Å². The summed E-state index contributed by atoms with van der Waals surface area (Å²) in [7, 11) is 1.71. The molecule has 1 aromatic carbocycles. The standard InChI is InChI=1S/C13H21NO/c1-5-12(14)10(3)11-8-9(2)6-7-13(11)15-4/h6-8,10,12H,5,14H2,1-4H3. The maximum absolute atomic E-state index is 6.07. The van der Waals surface area contributed by atoms with Crippen molar-refractivity contribution in [1.29, 1.82) is 0 Å². The van der Waals surface area contributed by atoms with E-state index in [-0.39, 0.29) is 6.04 Å². The number of ether oxygens (including phenoxy) is 1. The average Bonchev–Trinajstić information content (AvgIpc) is 2.27. The summed E-state index contributed by atoms with van der Waals surface area (Å²) < 4.78 is 5.36. The highest BCUT2D eigenvalue weighted by atomic mass is 16.5. The second-order valence-corrected chi connectivity index (χ2v) is 4.11. The fourth-order valence-electron chi connectivity index (χ4n) is 1.79. The number of aryl methyl sites for hydroxylation is 1. The van der Waals surface area contributed by atoms with Gasteiger partial charge in [-0.2, -0.15) is 0 Å². The molecule has 0 radical (unpaired) electrons. The zero-order chi connectivity index (χ0) is 11.4. The first-order valence-corrected chi connectivity index (χ1v) is 5.50. The molecule has 0 aliphatic carbocycles. The highest BCUT2D eigenvalue weighted by Gasteiger charge is 2.17. The number of rotatable bonds is 4. The third-order valence-electron chi connectivity index (χ3n) is 2.99. The number of methoxy groups -OCH3 is 1. The Kier molecular flexibility index (Phi) is 4.15. The van der Waals surface area contributed by atoms with E-state index in [0.717, 1.165) is 12.2 Å². The lowest BCUT2D eigenvalue weighted by atomic mass is 9.90. The van der Waals surface area contributed by atoms with Crippen LogP contribution in [0.3, 0.4) is 0 Å². The molecule has 0 aliphatic rings. The zero-order valence-electron chi connectivity index (χ0n) is 10.1. The molecule has 2 heteroatoms. The van der Waals surface area contributed by atoms with Gasteiger partial charge in [0, 0.05) is 6.04 Å². The fraction of sp³-hybridized carbons (Fsp3) is 0.538. The molecule has 84 valence electrons. The predicted octanol–water partition coefficient (Wildman–Crippen LogP) is 2.84. The van der Waals surface area contributed by atoms with Crippen molar-refractivity contribution in [3.8, 4) is 5.75 Å². The van der Waals surface area contributed by atoms with Gasteiger partial charge in [0.15, 0.2) is 0 Å². The van der Waals surface area contributed by atoms with E-state index in [1.54, 1.807) is 7.11 Å². The highest BCUT2D eigenvalue weighted by molar-refractivity contribution is 5.39. The molecule has 1 aromatic rings. The zero-order valence-corrected chi connectivity index (χ0v) is 10.1. The molecule has 0 aliphatic heterocycles. The van der Waals surface area contributed by atoms with Crippen molar-refractivity contribution in [2.75, 3.05) is 7.11 Å². The molecule has 0 saturated heterocycles. The topological polar surface area (TPSA) is 35.2 Å². The summed E-state index contributed by atoms with van der Waals surface area (Å²) in [6, 6.07) is 6.44. The minimum Gasteiger partial charge on any atom is -0.496 e. The minimum atomic E-state index is 0.195. The molecule has 2 unspecified atom stereocenters. The Labute approximate surface area is 92.4 Å². The quantitative estimate of drug-likeness (QED) is 0.824. The predicted molar refractivity (Wildman–Crippen MR) is 64.4 cm³/mol. The van der Waals surface area contributed by atoms with Crippen LogP contribution in [0.25, 0.3) is 0 Å². The first-order valence-electron chi connectivity index (χ1n) is 5.50. The van der Waals surface area contributed by atoms with Crippen molar-refractivity contribution in [2.24, 2.45) is 5.73 Å². The molecule has 0 amide bonds. The van der Waals surface area contributed by atoms with Crippen molar-refractivity contribution in [1.82, 2.24) is 0 Å². The van der Waals surface area contributed by atoms with E-state index in [1.165, 1.54) is 11.1 Å². The SMILES string of the molecule is CCC(N)C(C)c1cc(C)ccc1OC. The molecule has 0 fully saturated rings. The summed E-state index contributed by atoms with van der Waals surface area (Å²) in [5, 5.41) is 0. The van der Waals surface area contributed by atoms with Crippen molar-refractivity contribution in [2.45, 2.75) is 39.2 Å². The summed E-state index contributed by atoms with van der Waals surface area (Å²) in [5.41, 5.74) is 8.53. The Morgan fingerprint density at radius 1 is 1.40 bits per heavy atom. The monoisotopic (exact) mass is 207 g/mol. The number of hydrogen-bond donors (Lipinski definition) is 1. The third kappa shape index (κ3) is 2.72. The molecule has 2 atom stereocenters. The lowest BCUT2D eigenvalue weighted by Crippen LogP contribution is -2.25. The summed E-state index contributed by atoms with van der Waals surface area (Å²) in [6.07, 6.45) is 0.984.